The molecule has 3 rings (SSSR count). The van der Waals surface area contributed by atoms with Crippen LogP contribution in [0.15, 0.2) is 60.4 Å². The number of nitrogens with one attached hydrogen (secondary N) is 1. The predicted octanol–water partition coefficient (Wildman–Crippen LogP) is 7.79. The molecule has 0 fully saturated rings. The van der Waals surface area contributed by atoms with Crippen LogP contribution >= 0.6 is 0 Å². The third kappa shape index (κ3) is 7.94. The molecule has 2 aromatic rings. The van der Waals surface area contributed by atoms with Crippen molar-refractivity contribution in [2.24, 2.45) is 0 Å². The van der Waals surface area contributed by atoms with Crippen LogP contribution in [0.1, 0.15) is 107 Å². The molecule has 0 saturated heterocycles. The first-order valence-electron chi connectivity index (χ1n) is 13.7. The molecule has 0 spiro atoms. The van der Waals surface area contributed by atoms with Crippen LogP contribution in [0.3, 0.4) is 0 Å². The van der Waals surface area contributed by atoms with Crippen molar-refractivity contribution in [1.82, 2.24) is 5.48 Å². The molecule has 196 valence electrons. The van der Waals surface area contributed by atoms with Gasteiger partial charge in [-0.1, -0.05) is 108 Å². The molecular formula is C31H43NO4. The summed E-state index contributed by atoms with van der Waals surface area (Å²) in [6.07, 6.45) is 18.4. The van der Waals surface area contributed by atoms with E-state index in [0.717, 1.165) is 23.6 Å². The zero-order chi connectivity index (χ0) is 25.8. The Bertz CT molecular complexity index is 1040. The molecule has 2 atom stereocenters. The van der Waals surface area contributed by atoms with Gasteiger partial charge in [0.1, 0.15) is 11.4 Å². The number of fused-ring (bicyclic) bond motifs is 1. The number of amides is 1. The zero-order valence-corrected chi connectivity index (χ0v) is 22.0. The molecule has 2 aromatic carbocycles. The summed E-state index contributed by atoms with van der Waals surface area (Å²) in [6, 6.07) is 11.3. The normalized spacial score (nSPS) is 18.2. The highest BCUT2D eigenvalue weighted by Crippen LogP contribution is 2.36. The van der Waals surface area contributed by atoms with Gasteiger partial charge in [-0.25, -0.2) is 5.48 Å². The van der Waals surface area contributed by atoms with Gasteiger partial charge in [-0.15, -0.1) is 0 Å². The summed E-state index contributed by atoms with van der Waals surface area (Å²) in [4.78, 5) is 19.1. The maximum Gasteiger partial charge on any atom is 0.275 e. The van der Waals surface area contributed by atoms with Crippen molar-refractivity contribution in [3.8, 4) is 0 Å². The number of hydroxylamine groups is 1. The number of hydrogen-bond donors (Lipinski definition) is 3. The largest absolute Gasteiger partial charge is 0.508 e. The van der Waals surface area contributed by atoms with E-state index in [1.807, 2.05) is 37.3 Å². The minimum Gasteiger partial charge on any atom is -0.508 e. The lowest BCUT2D eigenvalue weighted by Crippen LogP contribution is -2.33. The van der Waals surface area contributed by atoms with Gasteiger partial charge in [-0.05, 0) is 42.3 Å². The Labute approximate surface area is 216 Å². The fraction of sp³-hybridized carbons (Fsp3) is 0.516. The highest BCUT2D eigenvalue weighted by atomic mass is 16.7. The lowest BCUT2D eigenvalue weighted by atomic mass is 9.82. The molecule has 1 aliphatic carbocycles. The Hall–Kier alpha value is -2.63. The van der Waals surface area contributed by atoms with Crippen LogP contribution in [0.25, 0.3) is 10.8 Å². The predicted molar refractivity (Wildman–Crippen MR) is 147 cm³/mol. The molecule has 36 heavy (non-hydrogen) atoms. The van der Waals surface area contributed by atoms with E-state index in [0.29, 0.717) is 11.1 Å². The van der Waals surface area contributed by atoms with Crippen molar-refractivity contribution < 1.29 is 19.8 Å². The van der Waals surface area contributed by atoms with Crippen molar-refractivity contribution in [2.75, 3.05) is 0 Å². The summed E-state index contributed by atoms with van der Waals surface area (Å²) < 4.78 is 0. The van der Waals surface area contributed by atoms with Crippen LogP contribution in [0.5, 0.6) is 0 Å². The lowest BCUT2D eigenvalue weighted by molar-refractivity contribution is -0.0122. The molecule has 1 amide bonds. The second kappa shape index (κ2) is 14.2. The quantitative estimate of drug-likeness (QED) is 0.175. The number of aliphatic hydroxyl groups is 2. The fourth-order valence-electron chi connectivity index (χ4n) is 4.88. The summed E-state index contributed by atoms with van der Waals surface area (Å²) in [7, 11) is 0. The summed E-state index contributed by atoms with van der Waals surface area (Å²) in [6.45, 7) is 4.23. The SMILES string of the molecule is CCCCCCCCCCCCC(C)ONC(=O)c1c(C2(O)C=CC(O)=CC2)ccc2ccccc12. The number of carbonyl (C=O) groups excluding carboxylic acids is 1. The molecule has 0 saturated carbocycles. The van der Waals surface area contributed by atoms with Crippen LogP contribution in [-0.4, -0.2) is 22.2 Å². The molecule has 0 aliphatic heterocycles. The van der Waals surface area contributed by atoms with Crippen molar-refractivity contribution in [2.45, 2.75) is 103 Å². The van der Waals surface area contributed by atoms with E-state index in [1.165, 1.54) is 69.9 Å². The van der Waals surface area contributed by atoms with Gasteiger partial charge in [-0.2, -0.15) is 0 Å². The van der Waals surface area contributed by atoms with Gasteiger partial charge < -0.3 is 10.2 Å². The first-order valence-corrected chi connectivity index (χ1v) is 13.7. The van der Waals surface area contributed by atoms with Crippen LogP contribution < -0.4 is 5.48 Å². The van der Waals surface area contributed by atoms with E-state index in [4.69, 9.17) is 4.84 Å². The maximum absolute atomic E-state index is 13.3. The smallest absolute Gasteiger partial charge is 0.275 e. The highest BCUT2D eigenvalue weighted by molar-refractivity contribution is 6.08. The van der Waals surface area contributed by atoms with Crippen molar-refractivity contribution in [3.05, 3.63) is 71.5 Å². The first kappa shape index (κ1) is 27.9. The van der Waals surface area contributed by atoms with Crippen LogP contribution in [0.2, 0.25) is 0 Å². The number of benzene rings is 2. The van der Waals surface area contributed by atoms with E-state index < -0.39 is 5.60 Å². The molecular weight excluding hydrogens is 450 g/mol. The lowest BCUT2D eigenvalue weighted by Gasteiger charge is -2.29. The second-order valence-corrected chi connectivity index (χ2v) is 10.1. The molecule has 0 heterocycles. The molecule has 2 unspecified atom stereocenters. The van der Waals surface area contributed by atoms with Crippen molar-refractivity contribution in [1.29, 1.82) is 0 Å². The number of hydrogen-bond acceptors (Lipinski definition) is 4. The molecule has 5 nitrogen and oxygen atoms in total. The number of aliphatic hydroxyl groups excluding tert-OH is 1. The Morgan fingerprint density at radius 1 is 1.00 bits per heavy atom. The van der Waals surface area contributed by atoms with Gasteiger partial charge in [0.05, 0.1) is 11.7 Å². The van der Waals surface area contributed by atoms with E-state index >= 15 is 0 Å². The number of carbonyl (C=O) groups is 1. The summed E-state index contributed by atoms with van der Waals surface area (Å²) in [5.41, 5.74) is 2.14. The van der Waals surface area contributed by atoms with Crippen molar-refractivity contribution in [3.63, 3.8) is 0 Å². The molecule has 0 bridgehead atoms. The Kier molecular flexibility index (Phi) is 11.0. The first-order chi connectivity index (χ1) is 17.4. The monoisotopic (exact) mass is 493 g/mol. The highest BCUT2D eigenvalue weighted by Gasteiger charge is 2.33. The summed E-state index contributed by atoms with van der Waals surface area (Å²) in [5, 5.41) is 22.7. The van der Waals surface area contributed by atoms with Crippen molar-refractivity contribution >= 4 is 16.7 Å². The molecule has 1 aliphatic rings. The molecule has 0 radical (unpaired) electrons. The second-order valence-electron chi connectivity index (χ2n) is 10.1. The zero-order valence-electron chi connectivity index (χ0n) is 22.0. The number of allylic oxidation sites excluding steroid dienone is 1. The molecule has 3 N–H and O–H groups in total. The number of rotatable bonds is 15. The Morgan fingerprint density at radius 3 is 2.33 bits per heavy atom. The standard InChI is InChI=1S/C31H43NO4/c1-3-4-5-6-7-8-9-10-11-12-15-24(2)36-32-30(34)29-27-17-14-13-16-25(27)18-19-28(29)31(35)22-20-26(33)21-23-31/h13-14,16-22,24,33,35H,3-12,15,23H2,1-2H3,(H,32,34). The maximum atomic E-state index is 13.3. The van der Waals surface area contributed by atoms with Gasteiger partial charge >= 0.3 is 0 Å². The van der Waals surface area contributed by atoms with Gasteiger partial charge in [0, 0.05) is 12.0 Å². The molecule has 0 aromatic heterocycles. The van der Waals surface area contributed by atoms with E-state index in [-0.39, 0.29) is 24.2 Å². The van der Waals surface area contributed by atoms with Gasteiger partial charge in [-0.3, -0.25) is 9.63 Å². The van der Waals surface area contributed by atoms with Crippen LogP contribution in [0.4, 0.5) is 0 Å². The Morgan fingerprint density at radius 2 is 1.67 bits per heavy atom. The fourth-order valence-corrected chi connectivity index (χ4v) is 4.88. The topological polar surface area (TPSA) is 78.8 Å². The van der Waals surface area contributed by atoms with Gasteiger partial charge in [0.15, 0.2) is 0 Å². The minimum atomic E-state index is -1.38. The van der Waals surface area contributed by atoms with Gasteiger partial charge in [0.25, 0.3) is 5.91 Å². The third-order valence-corrected chi connectivity index (χ3v) is 7.09. The molecule has 5 heteroatoms. The number of unbranched alkanes of at least 4 members (excludes halogenated alkanes) is 9. The van der Waals surface area contributed by atoms with E-state index in [1.54, 1.807) is 12.1 Å². The average molecular weight is 494 g/mol. The van der Waals surface area contributed by atoms with Gasteiger partial charge in [0.2, 0.25) is 0 Å². The van der Waals surface area contributed by atoms with E-state index in [2.05, 4.69) is 12.4 Å². The van der Waals surface area contributed by atoms with E-state index in [9.17, 15) is 15.0 Å². The van der Waals surface area contributed by atoms with Crippen LogP contribution in [0, 0.1) is 0 Å². The summed E-state index contributed by atoms with van der Waals surface area (Å²) >= 11 is 0. The summed E-state index contributed by atoms with van der Waals surface area (Å²) in [5.74, 6) is -0.270. The average Bonchev–Trinajstić information content (AvgIpc) is 2.89. The minimum absolute atomic E-state index is 0.0982. The third-order valence-electron chi connectivity index (χ3n) is 7.09. The van der Waals surface area contributed by atoms with Crippen LogP contribution in [-0.2, 0) is 10.4 Å². The Balaban J connectivity index is 1.52.